The van der Waals surface area contributed by atoms with Crippen molar-refractivity contribution in [3.63, 3.8) is 0 Å². The summed E-state index contributed by atoms with van der Waals surface area (Å²) in [7, 11) is 0. The molecule has 0 spiro atoms. The molecule has 0 aromatic rings. The van der Waals surface area contributed by atoms with Crippen LogP contribution >= 0.6 is 0 Å². The van der Waals surface area contributed by atoms with Crippen molar-refractivity contribution in [3.05, 3.63) is 0 Å². The van der Waals surface area contributed by atoms with Crippen LogP contribution in [0.25, 0.3) is 0 Å². The second-order valence-electron chi connectivity index (χ2n) is 7.73. The molecule has 2 aliphatic heterocycles. The first kappa shape index (κ1) is 22.0. The van der Waals surface area contributed by atoms with E-state index >= 15 is 0 Å². The molecule has 2 aliphatic rings. The van der Waals surface area contributed by atoms with Crippen molar-refractivity contribution < 1.29 is 9.59 Å². The average Bonchev–Trinajstić information content (AvgIpc) is 3.12. The van der Waals surface area contributed by atoms with Gasteiger partial charge in [-0.15, -0.1) is 0 Å². The van der Waals surface area contributed by atoms with Gasteiger partial charge in [0.1, 0.15) is 0 Å². The van der Waals surface area contributed by atoms with Gasteiger partial charge in [0.25, 0.3) is 0 Å². The van der Waals surface area contributed by atoms with E-state index < -0.39 is 0 Å². The highest BCUT2D eigenvalue weighted by atomic mass is 16.2. The summed E-state index contributed by atoms with van der Waals surface area (Å²) in [6.45, 7) is 5.43. The molecule has 27 heavy (non-hydrogen) atoms. The van der Waals surface area contributed by atoms with Crippen LogP contribution in [-0.2, 0) is 9.59 Å². The van der Waals surface area contributed by atoms with Gasteiger partial charge in [-0.2, -0.15) is 0 Å². The molecule has 0 radical (unpaired) electrons. The summed E-state index contributed by atoms with van der Waals surface area (Å²) in [4.78, 5) is 27.9. The lowest BCUT2D eigenvalue weighted by atomic mass is 10.2. The van der Waals surface area contributed by atoms with Gasteiger partial charge in [-0.05, 0) is 6.42 Å². The minimum atomic E-state index is -0.00407. The first-order valence-electron chi connectivity index (χ1n) is 9.85. The Morgan fingerprint density at radius 2 is 1.04 bits per heavy atom. The zero-order valence-electron chi connectivity index (χ0n) is 16.1. The van der Waals surface area contributed by atoms with Gasteiger partial charge in [0.15, 0.2) is 0 Å². The topological polar surface area (TPSA) is 169 Å². The Balaban J connectivity index is 1.43. The van der Waals surface area contributed by atoms with Gasteiger partial charge in [0.2, 0.25) is 11.8 Å². The van der Waals surface area contributed by atoms with Crippen molar-refractivity contribution in [2.24, 2.45) is 22.9 Å². The maximum atomic E-state index is 11.8. The molecule has 0 aromatic carbocycles. The molecule has 0 aromatic heterocycles. The Kier molecular flexibility index (Phi) is 8.87. The fourth-order valence-corrected chi connectivity index (χ4v) is 3.49. The molecule has 10 nitrogen and oxygen atoms in total. The zero-order valence-corrected chi connectivity index (χ0v) is 16.1. The number of likely N-dealkylation sites (tertiary alicyclic amines) is 2. The fourth-order valence-electron chi connectivity index (χ4n) is 3.49. The Morgan fingerprint density at radius 3 is 1.37 bits per heavy atom. The summed E-state index contributed by atoms with van der Waals surface area (Å²) < 4.78 is 0. The number of hydrogen-bond donors (Lipinski definition) is 6. The lowest BCUT2D eigenvalue weighted by Gasteiger charge is -2.15. The first-order chi connectivity index (χ1) is 12.8. The van der Waals surface area contributed by atoms with Crippen LogP contribution in [0.1, 0.15) is 19.3 Å². The Morgan fingerprint density at radius 1 is 0.704 bits per heavy atom. The summed E-state index contributed by atoms with van der Waals surface area (Å²) in [6.07, 6.45) is 1.58. The molecule has 2 amide bonds. The van der Waals surface area contributed by atoms with E-state index in [4.69, 9.17) is 22.9 Å². The molecule has 0 unspecified atom stereocenters. The summed E-state index contributed by atoms with van der Waals surface area (Å²) in [5.41, 5.74) is 23.5. The number of rotatable bonds is 10. The second-order valence-corrected chi connectivity index (χ2v) is 7.73. The Bertz CT molecular complexity index is 430. The van der Waals surface area contributed by atoms with Crippen LogP contribution in [0.5, 0.6) is 0 Å². The molecule has 0 saturated carbocycles. The minimum absolute atomic E-state index is 0.00407. The monoisotopic (exact) mass is 384 g/mol. The molecule has 0 bridgehead atoms. The van der Waals surface area contributed by atoms with Gasteiger partial charge in [-0.1, -0.05) is 0 Å². The molecule has 0 aliphatic carbocycles. The van der Waals surface area contributed by atoms with Crippen LogP contribution in [0.15, 0.2) is 0 Å². The van der Waals surface area contributed by atoms with Crippen LogP contribution in [0.2, 0.25) is 0 Å². The third kappa shape index (κ3) is 7.68. The van der Waals surface area contributed by atoms with Crippen LogP contribution in [-0.4, -0.2) is 98.1 Å². The van der Waals surface area contributed by atoms with Crippen LogP contribution < -0.4 is 33.6 Å². The Hall–Kier alpha value is -1.30. The van der Waals surface area contributed by atoms with E-state index in [2.05, 4.69) is 20.4 Å². The number of amides is 2. The quantitative estimate of drug-likeness (QED) is 0.209. The molecule has 2 saturated heterocycles. The molecule has 4 atom stereocenters. The zero-order chi connectivity index (χ0) is 19.8. The van der Waals surface area contributed by atoms with E-state index in [9.17, 15) is 9.59 Å². The standard InChI is InChI=1S/C17H36N8O2/c18-12-8-24(9-13(12)19)6-2-16(26)22-4-1-5-23-17(27)3-7-25-10-14(20)15(21)11-25/h12-15H,1-11,18-21H2,(H,22,26)(H,23,27)/t12-,13-,14-,15-/m1/s1. The molecule has 10 heteroatoms. The van der Waals surface area contributed by atoms with E-state index in [1.165, 1.54) is 0 Å². The number of carbonyl (C=O) groups excluding carboxylic acids is 2. The van der Waals surface area contributed by atoms with Crippen LogP contribution in [0.3, 0.4) is 0 Å². The highest BCUT2D eigenvalue weighted by Crippen LogP contribution is 2.07. The predicted octanol–water partition coefficient (Wildman–Crippen LogP) is -3.67. The third-order valence-corrected chi connectivity index (χ3v) is 5.28. The SMILES string of the molecule is N[C@@H]1CN(CCC(=O)NCCCNC(=O)CCN2C[C@@H](N)[C@H](N)C2)C[C@H]1N. The van der Waals surface area contributed by atoms with E-state index in [0.29, 0.717) is 45.4 Å². The Labute approximate surface area is 161 Å². The van der Waals surface area contributed by atoms with Crippen molar-refractivity contribution in [2.45, 2.75) is 43.4 Å². The maximum absolute atomic E-state index is 11.8. The van der Waals surface area contributed by atoms with E-state index in [1.54, 1.807) is 0 Å². The average molecular weight is 385 g/mol. The molecular formula is C17H36N8O2. The molecular weight excluding hydrogens is 348 g/mol. The number of nitrogens with two attached hydrogens (primary N) is 4. The summed E-state index contributed by atoms with van der Waals surface area (Å²) in [5, 5.41) is 5.75. The van der Waals surface area contributed by atoms with Crippen molar-refractivity contribution in [2.75, 3.05) is 52.4 Å². The van der Waals surface area contributed by atoms with Gasteiger partial charge in [-0.3, -0.25) is 19.4 Å². The van der Waals surface area contributed by atoms with Gasteiger partial charge in [0.05, 0.1) is 0 Å². The molecule has 156 valence electrons. The number of hydrogen-bond acceptors (Lipinski definition) is 8. The lowest BCUT2D eigenvalue weighted by Crippen LogP contribution is -2.39. The molecule has 2 fully saturated rings. The van der Waals surface area contributed by atoms with Crippen molar-refractivity contribution >= 4 is 11.8 Å². The van der Waals surface area contributed by atoms with Gasteiger partial charge < -0.3 is 33.6 Å². The molecule has 10 N–H and O–H groups in total. The second kappa shape index (κ2) is 10.9. The molecule has 2 rings (SSSR count). The maximum Gasteiger partial charge on any atom is 0.221 e. The van der Waals surface area contributed by atoms with Gasteiger partial charge in [-0.25, -0.2) is 0 Å². The highest BCUT2D eigenvalue weighted by Gasteiger charge is 2.27. The predicted molar refractivity (Wildman–Crippen MR) is 105 cm³/mol. The lowest BCUT2D eigenvalue weighted by molar-refractivity contribution is -0.121. The summed E-state index contributed by atoms with van der Waals surface area (Å²) >= 11 is 0. The van der Waals surface area contributed by atoms with Crippen molar-refractivity contribution in [1.29, 1.82) is 0 Å². The van der Waals surface area contributed by atoms with Crippen LogP contribution in [0, 0.1) is 0 Å². The van der Waals surface area contributed by atoms with E-state index in [0.717, 1.165) is 26.2 Å². The first-order valence-corrected chi connectivity index (χ1v) is 9.85. The third-order valence-electron chi connectivity index (χ3n) is 5.28. The molecule has 2 heterocycles. The van der Waals surface area contributed by atoms with E-state index in [-0.39, 0.29) is 36.0 Å². The number of nitrogens with zero attached hydrogens (tertiary/aromatic N) is 2. The number of carbonyl (C=O) groups is 2. The number of nitrogens with one attached hydrogen (secondary N) is 2. The smallest absolute Gasteiger partial charge is 0.221 e. The normalized spacial score (nSPS) is 29.2. The van der Waals surface area contributed by atoms with Gasteiger partial charge in [0, 0.05) is 89.4 Å². The summed E-state index contributed by atoms with van der Waals surface area (Å²) in [5.74, 6) is 0.0224. The fraction of sp³-hybridized carbons (Fsp3) is 0.882. The van der Waals surface area contributed by atoms with E-state index in [1.807, 2.05) is 0 Å². The van der Waals surface area contributed by atoms with Crippen molar-refractivity contribution in [1.82, 2.24) is 20.4 Å². The van der Waals surface area contributed by atoms with Crippen molar-refractivity contribution in [3.8, 4) is 0 Å². The van der Waals surface area contributed by atoms with Gasteiger partial charge >= 0.3 is 0 Å². The minimum Gasteiger partial charge on any atom is -0.356 e. The van der Waals surface area contributed by atoms with Crippen LogP contribution in [0.4, 0.5) is 0 Å². The highest BCUT2D eigenvalue weighted by molar-refractivity contribution is 5.76. The largest absolute Gasteiger partial charge is 0.356 e. The summed E-state index contributed by atoms with van der Waals surface area (Å²) in [6, 6.07) is -0.0163.